The van der Waals surface area contributed by atoms with Crippen LogP contribution >= 0.6 is 0 Å². The quantitative estimate of drug-likeness (QED) is 0.788. The lowest BCUT2D eigenvalue weighted by Gasteiger charge is -2.02. The first-order valence-corrected chi connectivity index (χ1v) is 6.00. The molecule has 0 amide bonds. The molecule has 0 bridgehead atoms. The average molecular weight is 233 g/mol. The molecule has 0 aliphatic heterocycles. The molecule has 2 nitrogen and oxygen atoms in total. The number of unbranched alkanes of at least 4 members (excludes halogenated alkanes) is 1. The van der Waals surface area contributed by atoms with Gasteiger partial charge in [-0.25, -0.2) is 8.78 Å². The van der Waals surface area contributed by atoms with Crippen LogP contribution in [0.3, 0.4) is 0 Å². The summed E-state index contributed by atoms with van der Waals surface area (Å²) in [5.41, 5.74) is 5.29. The number of hydrogen-bond acceptors (Lipinski definition) is 2. The van der Waals surface area contributed by atoms with Crippen molar-refractivity contribution in [1.29, 1.82) is 0 Å². The largest absolute Gasteiger partial charge is 0.330 e. The third-order valence-electron chi connectivity index (χ3n) is 1.94. The highest BCUT2D eigenvalue weighted by Gasteiger charge is 2.07. The van der Waals surface area contributed by atoms with Gasteiger partial charge in [0.2, 0.25) is 0 Å². The number of benzene rings is 1. The summed E-state index contributed by atoms with van der Waals surface area (Å²) in [6.45, 7) is 0.551. The van der Waals surface area contributed by atoms with Crippen molar-refractivity contribution in [2.24, 2.45) is 5.73 Å². The van der Waals surface area contributed by atoms with Crippen LogP contribution in [0.4, 0.5) is 8.78 Å². The van der Waals surface area contributed by atoms with E-state index < -0.39 is 22.4 Å². The Balaban J connectivity index is 2.62. The lowest BCUT2D eigenvalue weighted by Crippen LogP contribution is -2.04. The smallest absolute Gasteiger partial charge is 0.160 e. The number of rotatable bonds is 5. The van der Waals surface area contributed by atoms with E-state index in [1.165, 1.54) is 6.07 Å². The predicted octanol–water partition coefficient (Wildman–Crippen LogP) is 1.81. The average Bonchev–Trinajstić information content (AvgIpc) is 2.22. The molecule has 0 saturated carbocycles. The van der Waals surface area contributed by atoms with Gasteiger partial charge in [0.1, 0.15) is 0 Å². The molecule has 0 aromatic heterocycles. The Morgan fingerprint density at radius 1 is 1.20 bits per heavy atom. The minimum atomic E-state index is -1.27. The summed E-state index contributed by atoms with van der Waals surface area (Å²) < 4.78 is 36.9. The van der Waals surface area contributed by atoms with E-state index in [1.54, 1.807) is 0 Å². The second-order valence-electron chi connectivity index (χ2n) is 3.12. The first-order chi connectivity index (χ1) is 7.15. The lowest BCUT2D eigenvalue weighted by atomic mass is 10.3. The van der Waals surface area contributed by atoms with Crippen molar-refractivity contribution in [3.63, 3.8) is 0 Å². The number of halogens is 2. The van der Waals surface area contributed by atoms with Crippen molar-refractivity contribution in [2.75, 3.05) is 12.3 Å². The van der Waals surface area contributed by atoms with E-state index in [0.717, 1.165) is 25.0 Å². The van der Waals surface area contributed by atoms with Crippen molar-refractivity contribution in [2.45, 2.75) is 17.7 Å². The molecule has 0 heterocycles. The molecule has 0 aliphatic carbocycles. The molecular weight excluding hydrogens is 220 g/mol. The summed E-state index contributed by atoms with van der Waals surface area (Å²) in [5.74, 6) is -1.44. The third kappa shape index (κ3) is 3.68. The summed E-state index contributed by atoms with van der Waals surface area (Å²) in [6.07, 6.45) is 1.51. The van der Waals surface area contributed by atoms with E-state index in [2.05, 4.69) is 0 Å². The van der Waals surface area contributed by atoms with Gasteiger partial charge in [0.15, 0.2) is 11.6 Å². The molecule has 0 fully saturated rings. The maximum atomic E-state index is 12.8. The van der Waals surface area contributed by atoms with Gasteiger partial charge in [0.25, 0.3) is 0 Å². The van der Waals surface area contributed by atoms with Gasteiger partial charge in [-0.05, 0) is 37.6 Å². The van der Waals surface area contributed by atoms with Crippen LogP contribution in [0.25, 0.3) is 0 Å². The Morgan fingerprint density at radius 2 is 1.93 bits per heavy atom. The fourth-order valence-electron chi connectivity index (χ4n) is 1.11. The van der Waals surface area contributed by atoms with Crippen LogP contribution < -0.4 is 5.73 Å². The summed E-state index contributed by atoms with van der Waals surface area (Å²) in [7, 11) is -1.27. The van der Waals surface area contributed by atoms with Gasteiger partial charge in [-0.2, -0.15) is 0 Å². The van der Waals surface area contributed by atoms with Crippen molar-refractivity contribution < 1.29 is 13.0 Å². The molecule has 84 valence electrons. The first kappa shape index (κ1) is 12.3. The molecule has 1 aromatic carbocycles. The molecule has 5 heteroatoms. The Bertz CT molecular complexity index is 357. The van der Waals surface area contributed by atoms with Crippen LogP contribution in [0.15, 0.2) is 23.1 Å². The van der Waals surface area contributed by atoms with Gasteiger partial charge < -0.3 is 5.73 Å². The van der Waals surface area contributed by atoms with Gasteiger partial charge in [-0.15, -0.1) is 0 Å². The summed E-state index contributed by atoms with van der Waals surface area (Å²) in [4.78, 5) is 0.325. The van der Waals surface area contributed by atoms with Crippen molar-refractivity contribution in [1.82, 2.24) is 0 Å². The summed E-state index contributed by atoms with van der Waals surface area (Å²) in [5, 5.41) is 0. The van der Waals surface area contributed by atoms with Crippen LogP contribution in [0.5, 0.6) is 0 Å². The highest BCUT2D eigenvalue weighted by Crippen LogP contribution is 2.13. The zero-order valence-corrected chi connectivity index (χ0v) is 9.03. The summed E-state index contributed by atoms with van der Waals surface area (Å²) in [6, 6.07) is 3.32. The Kier molecular flexibility index (Phi) is 4.84. The number of hydrogen-bond donors (Lipinski definition) is 1. The second kappa shape index (κ2) is 5.92. The van der Waals surface area contributed by atoms with Gasteiger partial charge in [-0.3, -0.25) is 4.21 Å². The third-order valence-corrected chi connectivity index (χ3v) is 3.38. The van der Waals surface area contributed by atoms with E-state index in [0.29, 0.717) is 17.2 Å². The topological polar surface area (TPSA) is 43.1 Å². The molecule has 1 rings (SSSR count). The number of nitrogens with two attached hydrogens (primary N) is 1. The monoisotopic (exact) mass is 233 g/mol. The van der Waals surface area contributed by atoms with Crippen molar-refractivity contribution in [3.05, 3.63) is 29.8 Å². The highest BCUT2D eigenvalue weighted by molar-refractivity contribution is 7.85. The van der Waals surface area contributed by atoms with E-state index >= 15 is 0 Å². The Hall–Kier alpha value is -0.810. The second-order valence-corrected chi connectivity index (χ2v) is 4.69. The van der Waals surface area contributed by atoms with Gasteiger partial charge in [0, 0.05) is 10.6 Å². The molecule has 0 radical (unpaired) electrons. The van der Waals surface area contributed by atoms with Crippen LogP contribution in [-0.2, 0) is 10.8 Å². The molecule has 0 spiro atoms. The molecule has 15 heavy (non-hydrogen) atoms. The van der Waals surface area contributed by atoms with Crippen LogP contribution in [0.1, 0.15) is 12.8 Å². The van der Waals surface area contributed by atoms with Crippen LogP contribution in [0, 0.1) is 11.6 Å². The van der Waals surface area contributed by atoms with E-state index in [9.17, 15) is 13.0 Å². The maximum Gasteiger partial charge on any atom is 0.160 e. The van der Waals surface area contributed by atoms with Crippen molar-refractivity contribution >= 4 is 10.8 Å². The first-order valence-electron chi connectivity index (χ1n) is 4.68. The van der Waals surface area contributed by atoms with E-state index in [1.807, 2.05) is 0 Å². The molecule has 0 aliphatic rings. The molecular formula is C10H13F2NOS. The molecule has 1 atom stereocenters. The zero-order valence-electron chi connectivity index (χ0n) is 8.21. The fraction of sp³-hybridized carbons (Fsp3) is 0.400. The SMILES string of the molecule is NCCCCS(=O)c1ccc(F)c(F)c1. The highest BCUT2D eigenvalue weighted by atomic mass is 32.2. The lowest BCUT2D eigenvalue weighted by molar-refractivity contribution is 0.505. The minimum absolute atomic E-state index is 0.325. The van der Waals surface area contributed by atoms with Crippen LogP contribution in [-0.4, -0.2) is 16.5 Å². The normalized spacial score (nSPS) is 12.7. The minimum Gasteiger partial charge on any atom is -0.330 e. The van der Waals surface area contributed by atoms with E-state index in [4.69, 9.17) is 5.73 Å². The van der Waals surface area contributed by atoms with Gasteiger partial charge in [0.05, 0.1) is 10.8 Å². The van der Waals surface area contributed by atoms with Crippen molar-refractivity contribution in [3.8, 4) is 0 Å². The standard InChI is InChI=1S/C10H13F2NOS/c11-9-4-3-8(7-10(9)12)15(14)6-2-1-5-13/h3-4,7H,1-2,5-6,13H2. The Morgan fingerprint density at radius 3 is 2.53 bits per heavy atom. The van der Waals surface area contributed by atoms with Gasteiger partial charge >= 0.3 is 0 Å². The summed E-state index contributed by atoms with van der Waals surface area (Å²) >= 11 is 0. The predicted molar refractivity (Wildman–Crippen MR) is 55.9 cm³/mol. The van der Waals surface area contributed by atoms with Crippen LogP contribution in [0.2, 0.25) is 0 Å². The molecule has 2 N–H and O–H groups in total. The molecule has 1 unspecified atom stereocenters. The van der Waals surface area contributed by atoms with Gasteiger partial charge in [-0.1, -0.05) is 0 Å². The maximum absolute atomic E-state index is 12.8. The fourth-order valence-corrected chi connectivity index (χ4v) is 2.27. The zero-order chi connectivity index (χ0) is 11.3. The van der Waals surface area contributed by atoms with E-state index in [-0.39, 0.29) is 0 Å². The molecule has 0 saturated heterocycles. The molecule has 1 aromatic rings. The Labute approximate surface area is 89.9 Å².